The SMILES string of the molecule is CCC(C)(C)C(=O)OC12CC3CC(CC(O)(C3)C1)C2.CCC(C)C(=O)OC12CC3CC(CC(O)(C3)C1)C2. The Morgan fingerprint density at radius 3 is 1.54 bits per heavy atom. The molecule has 6 heteroatoms. The number of esters is 2. The van der Waals surface area contributed by atoms with Gasteiger partial charge in [0, 0.05) is 12.8 Å². The summed E-state index contributed by atoms with van der Waals surface area (Å²) in [5.74, 6) is 2.09. The average Bonchev–Trinajstić information content (AvgIpc) is 2.74. The van der Waals surface area contributed by atoms with Gasteiger partial charge in [-0.25, -0.2) is 0 Å². The van der Waals surface area contributed by atoms with Crippen LogP contribution >= 0.6 is 0 Å². The first-order valence-electron chi connectivity index (χ1n) is 15.1. The Kier molecular flexibility index (Phi) is 6.83. The molecule has 5 unspecified atom stereocenters. The van der Waals surface area contributed by atoms with Gasteiger partial charge in [-0.15, -0.1) is 0 Å². The van der Waals surface area contributed by atoms with Gasteiger partial charge in [0.2, 0.25) is 0 Å². The van der Waals surface area contributed by atoms with Crippen molar-refractivity contribution in [2.24, 2.45) is 35.0 Å². The molecule has 8 rings (SSSR count). The highest BCUT2D eigenvalue weighted by Gasteiger charge is 2.60. The van der Waals surface area contributed by atoms with Crippen LogP contribution in [-0.2, 0) is 19.1 Å². The summed E-state index contributed by atoms with van der Waals surface area (Å²) in [6, 6.07) is 0. The fourth-order valence-electron chi connectivity index (χ4n) is 9.46. The minimum absolute atomic E-state index is 0.0207. The fourth-order valence-corrected chi connectivity index (χ4v) is 9.46. The number of rotatable bonds is 6. The highest BCUT2D eigenvalue weighted by molar-refractivity contribution is 5.76. The molecule has 210 valence electrons. The van der Waals surface area contributed by atoms with Crippen molar-refractivity contribution in [1.29, 1.82) is 0 Å². The van der Waals surface area contributed by atoms with Crippen molar-refractivity contribution >= 4 is 11.9 Å². The molecule has 0 spiro atoms. The zero-order valence-electron chi connectivity index (χ0n) is 23.8. The van der Waals surface area contributed by atoms with Gasteiger partial charge in [0.1, 0.15) is 11.2 Å². The molecule has 8 saturated carbocycles. The zero-order valence-corrected chi connectivity index (χ0v) is 23.8. The van der Waals surface area contributed by atoms with Gasteiger partial charge in [0.25, 0.3) is 0 Å². The number of ether oxygens (including phenoxy) is 2. The zero-order chi connectivity index (χ0) is 26.9. The van der Waals surface area contributed by atoms with Gasteiger partial charge in [0.15, 0.2) is 0 Å². The van der Waals surface area contributed by atoms with Gasteiger partial charge in [0.05, 0.1) is 22.5 Å². The molecule has 0 aromatic carbocycles. The number of carbonyl (C=O) groups is 2. The summed E-state index contributed by atoms with van der Waals surface area (Å²) in [5.41, 5.74) is -2.20. The molecule has 2 N–H and O–H groups in total. The number of carbonyl (C=O) groups excluding carboxylic acids is 2. The van der Waals surface area contributed by atoms with Crippen molar-refractivity contribution in [2.45, 2.75) is 147 Å². The standard InChI is InChI=1S/C16H26O3.C15H24O3/c1-4-14(2,3)13(17)19-16-8-11-5-12(9-16)7-15(18,6-11)10-16;1-3-10(2)13(16)18-15-7-11-4-12(8-15)6-14(17,5-11)9-15/h11-12,18H,4-10H2,1-3H3;10-12,17H,3-9H2,1-2H3. The van der Waals surface area contributed by atoms with Gasteiger partial charge < -0.3 is 19.7 Å². The van der Waals surface area contributed by atoms with Gasteiger partial charge in [-0.1, -0.05) is 20.8 Å². The molecule has 0 amide bonds. The molecule has 8 fully saturated rings. The molecule has 5 atom stereocenters. The smallest absolute Gasteiger partial charge is 0.312 e. The van der Waals surface area contributed by atoms with Crippen LogP contribution in [0.2, 0.25) is 0 Å². The van der Waals surface area contributed by atoms with E-state index in [1.165, 1.54) is 12.8 Å². The van der Waals surface area contributed by atoms with Gasteiger partial charge >= 0.3 is 11.9 Å². The Morgan fingerprint density at radius 2 is 1.19 bits per heavy atom. The topological polar surface area (TPSA) is 93.1 Å². The van der Waals surface area contributed by atoms with E-state index in [2.05, 4.69) is 0 Å². The average molecular weight is 519 g/mol. The maximum absolute atomic E-state index is 12.4. The van der Waals surface area contributed by atoms with Crippen molar-refractivity contribution in [3.8, 4) is 0 Å². The predicted octanol–water partition coefficient (Wildman–Crippen LogP) is 5.71. The molecule has 0 aromatic rings. The summed E-state index contributed by atoms with van der Waals surface area (Å²) in [6.07, 6.45) is 13.0. The summed E-state index contributed by atoms with van der Waals surface area (Å²) in [4.78, 5) is 24.4. The summed E-state index contributed by atoms with van der Waals surface area (Å²) in [6.45, 7) is 9.86. The van der Waals surface area contributed by atoms with E-state index in [-0.39, 0.29) is 29.1 Å². The second-order valence-electron chi connectivity index (χ2n) is 15.1. The lowest BCUT2D eigenvalue weighted by Gasteiger charge is -2.59. The first-order chi connectivity index (χ1) is 17.2. The van der Waals surface area contributed by atoms with E-state index in [9.17, 15) is 19.8 Å². The first-order valence-corrected chi connectivity index (χ1v) is 15.1. The second-order valence-corrected chi connectivity index (χ2v) is 15.1. The monoisotopic (exact) mass is 518 g/mol. The van der Waals surface area contributed by atoms with Crippen LogP contribution < -0.4 is 0 Å². The van der Waals surface area contributed by atoms with Crippen LogP contribution in [-0.4, -0.2) is 44.6 Å². The molecule has 6 nitrogen and oxygen atoms in total. The molecule has 0 saturated heterocycles. The van der Waals surface area contributed by atoms with Crippen molar-refractivity contribution in [3.63, 3.8) is 0 Å². The van der Waals surface area contributed by atoms with E-state index in [0.717, 1.165) is 64.2 Å². The van der Waals surface area contributed by atoms with E-state index < -0.39 is 16.6 Å². The van der Waals surface area contributed by atoms with E-state index >= 15 is 0 Å². The molecule has 0 aromatic heterocycles. The lowest BCUT2D eigenvalue weighted by atomic mass is 9.52. The molecule has 0 heterocycles. The lowest BCUT2D eigenvalue weighted by molar-refractivity contribution is -0.225. The normalized spacial score (nSPS) is 45.7. The molecule has 37 heavy (non-hydrogen) atoms. The van der Waals surface area contributed by atoms with Crippen LogP contribution in [0, 0.1) is 35.0 Å². The lowest BCUT2D eigenvalue weighted by Crippen LogP contribution is -2.61. The highest BCUT2D eigenvalue weighted by atomic mass is 16.6. The highest BCUT2D eigenvalue weighted by Crippen LogP contribution is 2.60. The number of hydrogen-bond acceptors (Lipinski definition) is 6. The minimum Gasteiger partial charge on any atom is -0.459 e. The van der Waals surface area contributed by atoms with Crippen LogP contribution in [0.3, 0.4) is 0 Å². The van der Waals surface area contributed by atoms with Crippen LogP contribution in [0.4, 0.5) is 0 Å². The first kappa shape index (κ1) is 27.4. The van der Waals surface area contributed by atoms with E-state index in [0.29, 0.717) is 36.5 Å². The van der Waals surface area contributed by atoms with Crippen LogP contribution in [0.25, 0.3) is 0 Å². The summed E-state index contributed by atoms with van der Waals surface area (Å²) < 4.78 is 11.8. The number of aliphatic hydroxyl groups is 2. The van der Waals surface area contributed by atoms with Crippen LogP contribution in [0.5, 0.6) is 0 Å². The molecular weight excluding hydrogens is 468 g/mol. The molecule has 0 radical (unpaired) electrons. The van der Waals surface area contributed by atoms with E-state index in [4.69, 9.17) is 9.47 Å². The Hall–Kier alpha value is -1.14. The van der Waals surface area contributed by atoms with E-state index in [1.54, 1.807) is 0 Å². The third-order valence-corrected chi connectivity index (χ3v) is 11.0. The summed E-state index contributed by atoms with van der Waals surface area (Å²) in [7, 11) is 0. The molecule has 0 aliphatic heterocycles. The quantitative estimate of drug-likeness (QED) is 0.438. The van der Waals surface area contributed by atoms with Crippen LogP contribution in [0.1, 0.15) is 125 Å². The van der Waals surface area contributed by atoms with Crippen molar-refractivity contribution in [3.05, 3.63) is 0 Å². The van der Waals surface area contributed by atoms with E-state index in [1.807, 2.05) is 34.6 Å². The maximum atomic E-state index is 12.4. The van der Waals surface area contributed by atoms with Gasteiger partial charge in [-0.2, -0.15) is 0 Å². The number of hydrogen-bond donors (Lipinski definition) is 2. The van der Waals surface area contributed by atoms with Gasteiger partial charge in [-0.05, 0) is 115 Å². The molecule has 8 aliphatic carbocycles. The summed E-state index contributed by atoms with van der Waals surface area (Å²) >= 11 is 0. The molecule has 8 aliphatic rings. The Morgan fingerprint density at radius 1 is 0.784 bits per heavy atom. The van der Waals surface area contributed by atoms with Crippen molar-refractivity contribution in [2.75, 3.05) is 0 Å². The molecular formula is C31H50O6. The van der Waals surface area contributed by atoms with Crippen molar-refractivity contribution in [1.82, 2.24) is 0 Å². The Bertz CT molecular complexity index is 879. The third-order valence-electron chi connectivity index (χ3n) is 11.0. The minimum atomic E-state index is -0.555. The Labute approximate surface area is 223 Å². The largest absolute Gasteiger partial charge is 0.459 e. The van der Waals surface area contributed by atoms with Crippen molar-refractivity contribution < 1.29 is 29.3 Å². The fraction of sp³-hybridized carbons (Fsp3) is 0.935. The third kappa shape index (κ3) is 5.35. The molecule has 8 bridgehead atoms. The Balaban J connectivity index is 0.000000152. The summed E-state index contributed by atoms with van der Waals surface area (Å²) in [5, 5.41) is 21.2. The second kappa shape index (κ2) is 9.21. The maximum Gasteiger partial charge on any atom is 0.312 e. The predicted molar refractivity (Wildman–Crippen MR) is 140 cm³/mol. The van der Waals surface area contributed by atoms with Crippen LogP contribution in [0.15, 0.2) is 0 Å². The van der Waals surface area contributed by atoms with Gasteiger partial charge in [-0.3, -0.25) is 9.59 Å².